The smallest absolute Gasteiger partial charge is 0.334 e. The molecule has 42 heavy (non-hydrogen) atoms. The molecule has 1 aliphatic carbocycles. The van der Waals surface area contributed by atoms with E-state index < -0.39 is 27.8 Å². The number of hydrogen-bond acceptors (Lipinski definition) is 5. The number of hydrogen-bond donors (Lipinski definition) is 1. The van der Waals surface area contributed by atoms with Gasteiger partial charge < -0.3 is 9.80 Å². The van der Waals surface area contributed by atoms with Gasteiger partial charge in [-0.2, -0.15) is 13.2 Å². The fourth-order valence-electron chi connectivity index (χ4n) is 5.67. The maximum absolute atomic E-state index is 13.8. The van der Waals surface area contributed by atoms with E-state index in [0.717, 1.165) is 29.8 Å². The van der Waals surface area contributed by atoms with E-state index in [0.29, 0.717) is 50.9 Å². The molecule has 1 aliphatic heterocycles. The van der Waals surface area contributed by atoms with Crippen molar-refractivity contribution >= 4 is 21.8 Å². The topological polar surface area (TPSA) is 99.7 Å². The van der Waals surface area contributed by atoms with Gasteiger partial charge in [-0.05, 0) is 67.6 Å². The first-order valence-electron chi connectivity index (χ1n) is 13.8. The summed E-state index contributed by atoms with van der Waals surface area (Å²) < 4.78 is 66.8. The van der Waals surface area contributed by atoms with E-state index in [2.05, 4.69) is 9.71 Å². The zero-order valence-corrected chi connectivity index (χ0v) is 23.5. The number of pyridine rings is 1. The first-order valence-corrected chi connectivity index (χ1v) is 15.3. The molecule has 2 amide bonds. The summed E-state index contributed by atoms with van der Waals surface area (Å²) >= 11 is 0. The van der Waals surface area contributed by atoms with E-state index in [4.69, 9.17) is 0 Å². The Morgan fingerprint density at radius 2 is 1.57 bits per heavy atom. The number of amides is 2. The number of aromatic nitrogens is 1. The van der Waals surface area contributed by atoms with Crippen molar-refractivity contribution in [1.29, 1.82) is 0 Å². The molecule has 12 heteroatoms. The molecule has 0 spiro atoms. The third-order valence-electron chi connectivity index (χ3n) is 7.93. The largest absolute Gasteiger partial charge is 0.416 e. The number of nitrogens with one attached hydrogen (secondary N) is 1. The van der Waals surface area contributed by atoms with Crippen LogP contribution in [0.2, 0.25) is 0 Å². The average molecular weight is 601 g/mol. The Hall–Kier alpha value is -3.77. The molecular formula is C30H31F3N4O4S. The van der Waals surface area contributed by atoms with Gasteiger partial charge >= 0.3 is 6.18 Å². The van der Waals surface area contributed by atoms with Crippen molar-refractivity contribution < 1.29 is 31.2 Å². The highest BCUT2D eigenvalue weighted by molar-refractivity contribution is 7.89. The van der Waals surface area contributed by atoms with Gasteiger partial charge in [-0.3, -0.25) is 14.6 Å². The van der Waals surface area contributed by atoms with Crippen LogP contribution in [0.1, 0.15) is 53.2 Å². The second-order valence-corrected chi connectivity index (χ2v) is 12.4. The van der Waals surface area contributed by atoms with Crippen LogP contribution >= 0.6 is 0 Å². The summed E-state index contributed by atoms with van der Waals surface area (Å²) in [6, 6.07) is 15.6. The maximum Gasteiger partial charge on any atom is 0.416 e. The molecule has 2 fully saturated rings. The highest BCUT2D eigenvalue weighted by Gasteiger charge is 2.38. The lowest BCUT2D eigenvalue weighted by atomic mass is 9.85. The molecule has 1 N–H and O–H groups in total. The van der Waals surface area contributed by atoms with Crippen LogP contribution in [0.25, 0.3) is 0 Å². The van der Waals surface area contributed by atoms with Gasteiger partial charge in [-0.15, -0.1) is 0 Å². The monoisotopic (exact) mass is 600 g/mol. The second kappa shape index (κ2) is 12.2. The molecule has 0 unspecified atom stereocenters. The molecule has 5 rings (SSSR count). The van der Waals surface area contributed by atoms with E-state index in [1.807, 2.05) is 35.2 Å². The number of carbonyl (C=O) groups excluding carboxylic acids is 2. The van der Waals surface area contributed by atoms with Crippen molar-refractivity contribution in [3.63, 3.8) is 0 Å². The predicted octanol–water partition coefficient (Wildman–Crippen LogP) is 4.66. The number of sulfonamides is 1. The van der Waals surface area contributed by atoms with Crippen molar-refractivity contribution in [2.45, 2.75) is 48.8 Å². The standard InChI is InChI=1S/C30H31F3N4O4S/c31-30(32,33)24-10-14-26(15-11-24)42(40,41)35-25-12-8-22(9-13-25)29(39)37-18-17-36(28(38)23-7-4-16-34-19-23)20-27(37)21-5-2-1-3-6-21/h1-7,10-11,14-16,19,22,25,27,35H,8-9,12-13,17-18,20H2/t22-,25-,27-/m1/s1. The van der Waals surface area contributed by atoms with Crippen molar-refractivity contribution in [2.75, 3.05) is 19.6 Å². The van der Waals surface area contributed by atoms with Gasteiger partial charge in [0.1, 0.15) is 0 Å². The van der Waals surface area contributed by atoms with Crippen LogP contribution < -0.4 is 4.72 Å². The molecule has 2 aliphatic rings. The molecule has 222 valence electrons. The van der Waals surface area contributed by atoms with E-state index in [-0.39, 0.29) is 28.7 Å². The van der Waals surface area contributed by atoms with Gasteiger partial charge in [-0.1, -0.05) is 30.3 Å². The van der Waals surface area contributed by atoms with Crippen LogP contribution in [0.5, 0.6) is 0 Å². The summed E-state index contributed by atoms with van der Waals surface area (Å²) in [6.45, 7) is 1.09. The number of carbonyl (C=O) groups is 2. The van der Waals surface area contributed by atoms with Crippen molar-refractivity contribution in [1.82, 2.24) is 19.5 Å². The van der Waals surface area contributed by atoms with Crippen LogP contribution in [0.4, 0.5) is 13.2 Å². The van der Waals surface area contributed by atoms with Crippen LogP contribution in [0.15, 0.2) is 84.0 Å². The van der Waals surface area contributed by atoms with Crippen LogP contribution in [0.3, 0.4) is 0 Å². The van der Waals surface area contributed by atoms with Gasteiger partial charge in [0, 0.05) is 44.0 Å². The number of piperazine rings is 1. The second-order valence-electron chi connectivity index (χ2n) is 10.6. The van der Waals surface area contributed by atoms with Gasteiger partial charge in [-0.25, -0.2) is 13.1 Å². The highest BCUT2D eigenvalue weighted by atomic mass is 32.2. The molecule has 0 bridgehead atoms. The molecular weight excluding hydrogens is 569 g/mol. The summed E-state index contributed by atoms with van der Waals surface area (Å²) in [5.74, 6) is -0.470. The molecule has 1 saturated carbocycles. The minimum Gasteiger partial charge on any atom is -0.334 e. The molecule has 0 radical (unpaired) electrons. The molecule has 2 aromatic carbocycles. The molecule has 2 heterocycles. The number of halogens is 3. The van der Waals surface area contributed by atoms with E-state index in [1.165, 1.54) is 6.20 Å². The predicted molar refractivity (Wildman–Crippen MR) is 149 cm³/mol. The SMILES string of the molecule is O=C(c1cccnc1)N1CCN(C(=O)[C@H]2CC[C@H](NS(=O)(=O)c3ccc(C(F)(F)F)cc3)CC2)[C@@H](c2ccccc2)C1. The summed E-state index contributed by atoms with van der Waals surface area (Å²) in [7, 11) is -4.02. The Bertz CT molecular complexity index is 1500. The number of benzene rings is 2. The molecule has 1 saturated heterocycles. The Morgan fingerprint density at radius 3 is 2.19 bits per heavy atom. The first kappa shape index (κ1) is 29.7. The molecule has 1 atom stereocenters. The maximum atomic E-state index is 13.8. The lowest BCUT2D eigenvalue weighted by Crippen LogP contribution is -2.54. The molecule has 1 aromatic heterocycles. The average Bonchev–Trinajstić information content (AvgIpc) is 3.01. The Balaban J connectivity index is 1.23. The lowest BCUT2D eigenvalue weighted by molar-refractivity contribution is -0.141. The van der Waals surface area contributed by atoms with E-state index >= 15 is 0 Å². The minimum absolute atomic E-state index is 0.0265. The summed E-state index contributed by atoms with van der Waals surface area (Å²) in [6.07, 6.45) is 0.361. The summed E-state index contributed by atoms with van der Waals surface area (Å²) in [4.78, 5) is 34.3. The summed E-state index contributed by atoms with van der Waals surface area (Å²) in [5.41, 5.74) is 0.491. The molecule has 8 nitrogen and oxygen atoms in total. The third-order valence-corrected chi connectivity index (χ3v) is 9.47. The Kier molecular flexibility index (Phi) is 8.65. The van der Waals surface area contributed by atoms with Gasteiger partial charge in [0.15, 0.2) is 0 Å². The third kappa shape index (κ3) is 6.65. The molecule has 3 aromatic rings. The minimum atomic E-state index is -4.55. The van der Waals surface area contributed by atoms with E-state index in [1.54, 1.807) is 23.2 Å². The van der Waals surface area contributed by atoms with Crippen LogP contribution in [0, 0.1) is 5.92 Å². The Morgan fingerprint density at radius 1 is 0.881 bits per heavy atom. The van der Waals surface area contributed by atoms with Crippen molar-refractivity contribution in [3.05, 3.63) is 95.8 Å². The zero-order valence-electron chi connectivity index (χ0n) is 22.7. The van der Waals surface area contributed by atoms with Gasteiger partial charge in [0.2, 0.25) is 15.9 Å². The fraction of sp³-hybridized carbons (Fsp3) is 0.367. The quantitative estimate of drug-likeness (QED) is 0.444. The lowest BCUT2D eigenvalue weighted by Gasteiger charge is -2.43. The zero-order chi connectivity index (χ0) is 29.9. The number of alkyl halides is 3. The van der Waals surface area contributed by atoms with E-state index in [9.17, 15) is 31.2 Å². The summed E-state index contributed by atoms with van der Waals surface area (Å²) in [5, 5.41) is 0. The normalized spacial score (nSPS) is 21.6. The fourth-order valence-corrected chi connectivity index (χ4v) is 6.97. The number of rotatable bonds is 6. The first-order chi connectivity index (χ1) is 20.0. The van der Waals surface area contributed by atoms with Crippen LogP contribution in [-0.4, -0.2) is 60.7 Å². The highest BCUT2D eigenvalue weighted by Crippen LogP contribution is 2.33. The van der Waals surface area contributed by atoms with Crippen molar-refractivity contribution in [3.8, 4) is 0 Å². The number of nitrogens with zero attached hydrogens (tertiary/aromatic N) is 3. The van der Waals surface area contributed by atoms with Crippen molar-refractivity contribution in [2.24, 2.45) is 5.92 Å². The van der Waals surface area contributed by atoms with Gasteiger partial charge in [0.05, 0.1) is 22.1 Å². The Labute approximate surface area is 242 Å². The van der Waals surface area contributed by atoms with Crippen LogP contribution in [-0.2, 0) is 21.0 Å². The van der Waals surface area contributed by atoms with Gasteiger partial charge in [0.25, 0.3) is 5.91 Å².